The van der Waals surface area contributed by atoms with Crippen molar-refractivity contribution >= 4 is 38.0 Å². The first-order valence-corrected chi connectivity index (χ1v) is 11.6. The minimum absolute atomic E-state index is 0.0207. The molecule has 0 fully saturated rings. The lowest BCUT2D eigenvalue weighted by Gasteiger charge is -2.18. The Hall–Kier alpha value is -0.750. The first-order chi connectivity index (χ1) is 12.9. The van der Waals surface area contributed by atoms with Crippen molar-refractivity contribution in [1.29, 1.82) is 0 Å². The Morgan fingerprint density at radius 3 is 1.78 bits per heavy atom. The van der Waals surface area contributed by atoms with Crippen LogP contribution in [-0.2, 0) is 12.8 Å². The van der Waals surface area contributed by atoms with Crippen molar-refractivity contribution in [2.45, 2.75) is 90.9 Å². The van der Waals surface area contributed by atoms with Crippen LogP contribution in [0.2, 0.25) is 0 Å². The summed E-state index contributed by atoms with van der Waals surface area (Å²) in [6, 6.07) is 0. The van der Waals surface area contributed by atoms with Crippen molar-refractivity contribution in [3.63, 3.8) is 0 Å². The lowest BCUT2D eigenvalue weighted by Crippen LogP contribution is -2.07. The van der Waals surface area contributed by atoms with Gasteiger partial charge >= 0.3 is 6.16 Å². The molecular weight excluding hydrogens is 476 g/mol. The standard InChI is InChI=1S/C21H32Br2O4/c1-3-5-7-9-11-13-15-16(14-12-10-8-6-4-2)19(24)20(27-21(25)26)18(23)17(15)22/h24H,3-14H2,1-2H3,(H,25,26). The maximum Gasteiger partial charge on any atom is 0.511 e. The van der Waals surface area contributed by atoms with Gasteiger partial charge in [0.15, 0.2) is 11.5 Å². The fourth-order valence-corrected chi connectivity index (χ4v) is 4.40. The van der Waals surface area contributed by atoms with Crippen molar-refractivity contribution in [3.8, 4) is 11.5 Å². The summed E-state index contributed by atoms with van der Waals surface area (Å²) >= 11 is 6.98. The van der Waals surface area contributed by atoms with Crippen LogP contribution in [-0.4, -0.2) is 16.4 Å². The van der Waals surface area contributed by atoms with Crippen molar-refractivity contribution in [3.05, 3.63) is 20.1 Å². The molecule has 0 amide bonds. The van der Waals surface area contributed by atoms with Gasteiger partial charge in [0.25, 0.3) is 0 Å². The molecule has 0 radical (unpaired) electrons. The predicted octanol–water partition coefficient (Wildman–Crippen LogP) is 8.00. The number of phenolic OH excluding ortho intramolecular Hbond substituents is 1. The molecule has 1 aromatic rings. The number of phenols is 1. The zero-order valence-electron chi connectivity index (χ0n) is 16.5. The van der Waals surface area contributed by atoms with Gasteiger partial charge in [0.1, 0.15) is 0 Å². The Bertz CT molecular complexity index is 603. The van der Waals surface area contributed by atoms with Crippen LogP contribution in [0.15, 0.2) is 8.95 Å². The van der Waals surface area contributed by atoms with Crippen LogP contribution in [0.3, 0.4) is 0 Å². The van der Waals surface area contributed by atoms with E-state index in [2.05, 4.69) is 45.7 Å². The smallest absolute Gasteiger partial charge is 0.504 e. The normalized spacial score (nSPS) is 11.0. The van der Waals surface area contributed by atoms with Gasteiger partial charge in [-0.1, -0.05) is 65.2 Å². The largest absolute Gasteiger partial charge is 0.511 e. The second kappa shape index (κ2) is 13.4. The highest BCUT2D eigenvalue weighted by Gasteiger charge is 2.23. The van der Waals surface area contributed by atoms with E-state index in [0.29, 0.717) is 4.47 Å². The number of unbranched alkanes of at least 4 members (excludes halogenated alkanes) is 8. The predicted molar refractivity (Wildman–Crippen MR) is 117 cm³/mol. The van der Waals surface area contributed by atoms with E-state index in [-0.39, 0.29) is 11.5 Å². The summed E-state index contributed by atoms with van der Waals surface area (Å²) in [7, 11) is 0. The number of ether oxygens (including phenoxy) is 1. The van der Waals surface area contributed by atoms with Crippen molar-refractivity contribution in [2.75, 3.05) is 0 Å². The van der Waals surface area contributed by atoms with Crippen molar-refractivity contribution < 1.29 is 19.7 Å². The number of halogens is 2. The molecule has 0 saturated carbocycles. The summed E-state index contributed by atoms with van der Waals surface area (Å²) in [5, 5.41) is 19.7. The van der Waals surface area contributed by atoms with Crippen LogP contribution in [0.5, 0.6) is 11.5 Å². The van der Waals surface area contributed by atoms with E-state index in [4.69, 9.17) is 9.84 Å². The van der Waals surface area contributed by atoms with Gasteiger partial charge in [-0.15, -0.1) is 0 Å². The topological polar surface area (TPSA) is 66.8 Å². The summed E-state index contributed by atoms with van der Waals surface area (Å²) in [6.07, 6.45) is 11.7. The SMILES string of the molecule is CCCCCCCc1c(O)c(OC(=O)O)c(Br)c(Br)c1CCCCCCC. The molecule has 0 spiro atoms. The molecule has 0 heterocycles. The second-order valence-corrected chi connectivity index (χ2v) is 8.55. The minimum Gasteiger partial charge on any atom is -0.504 e. The number of hydrogen-bond acceptors (Lipinski definition) is 3. The van der Waals surface area contributed by atoms with Crippen molar-refractivity contribution in [2.24, 2.45) is 0 Å². The van der Waals surface area contributed by atoms with E-state index >= 15 is 0 Å². The van der Waals surface area contributed by atoms with Crippen molar-refractivity contribution in [1.82, 2.24) is 0 Å². The number of carbonyl (C=O) groups is 1. The van der Waals surface area contributed by atoms with E-state index in [0.717, 1.165) is 54.1 Å². The van der Waals surface area contributed by atoms with Gasteiger partial charge in [-0.05, 0) is 63.1 Å². The van der Waals surface area contributed by atoms with E-state index in [9.17, 15) is 9.90 Å². The number of hydrogen-bond donors (Lipinski definition) is 2. The fourth-order valence-electron chi connectivity index (χ4n) is 3.27. The molecule has 6 heteroatoms. The lowest BCUT2D eigenvalue weighted by molar-refractivity contribution is 0.142. The number of carboxylic acid groups (broad SMARTS) is 1. The Morgan fingerprint density at radius 1 is 0.815 bits per heavy atom. The Kier molecular flexibility index (Phi) is 12.1. The van der Waals surface area contributed by atoms with E-state index in [1.54, 1.807) is 0 Å². The Morgan fingerprint density at radius 2 is 1.30 bits per heavy atom. The Labute approximate surface area is 180 Å². The summed E-state index contributed by atoms with van der Waals surface area (Å²) < 4.78 is 6.09. The molecular formula is C21H32Br2O4. The first kappa shape index (κ1) is 24.3. The van der Waals surface area contributed by atoms with Crippen LogP contribution in [0.1, 0.15) is 89.2 Å². The monoisotopic (exact) mass is 506 g/mol. The molecule has 1 rings (SSSR count). The molecule has 0 atom stereocenters. The van der Waals surface area contributed by atoms with E-state index in [1.165, 1.54) is 38.5 Å². The average Bonchev–Trinajstić information content (AvgIpc) is 2.64. The third kappa shape index (κ3) is 8.02. The molecule has 0 aliphatic rings. The van der Waals surface area contributed by atoms with Gasteiger partial charge in [0.05, 0.1) is 4.47 Å². The van der Waals surface area contributed by atoms with Crippen LogP contribution in [0.4, 0.5) is 4.79 Å². The summed E-state index contributed by atoms with van der Waals surface area (Å²) in [5.41, 5.74) is 1.87. The third-order valence-corrected chi connectivity index (χ3v) is 6.94. The molecule has 0 unspecified atom stereocenters. The van der Waals surface area contributed by atoms with Gasteiger partial charge in [-0.25, -0.2) is 4.79 Å². The molecule has 0 aromatic heterocycles. The van der Waals surface area contributed by atoms with Crippen LogP contribution in [0, 0.1) is 0 Å². The number of rotatable bonds is 13. The molecule has 0 aliphatic carbocycles. The number of benzene rings is 1. The molecule has 1 aromatic carbocycles. The zero-order chi connectivity index (χ0) is 20.2. The van der Waals surface area contributed by atoms with Crippen LogP contribution < -0.4 is 4.74 Å². The molecule has 0 aliphatic heterocycles. The van der Waals surface area contributed by atoms with Gasteiger partial charge < -0.3 is 14.9 Å². The van der Waals surface area contributed by atoms with Crippen LogP contribution >= 0.6 is 31.9 Å². The molecule has 154 valence electrons. The minimum atomic E-state index is -1.43. The van der Waals surface area contributed by atoms with Gasteiger partial charge in [0.2, 0.25) is 0 Å². The van der Waals surface area contributed by atoms with Gasteiger partial charge in [-0.3, -0.25) is 0 Å². The summed E-state index contributed by atoms with van der Waals surface area (Å²) in [6.45, 7) is 4.38. The second-order valence-electron chi connectivity index (χ2n) is 6.96. The highest BCUT2D eigenvalue weighted by atomic mass is 79.9. The maximum absolute atomic E-state index is 11.0. The molecule has 0 bridgehead atoms. The number of aromatic hydroxyl groups is 1. The van der Waals surface area contributed by atoms with E-state index in [1.807, 2.05) is 0 Å². The zero-order valence-corrected chi connectivity index (χ0v) is 19.6. The molecule has 27 heavy (non-hydrogen) atoms. The average molecular weight is 508 g/mol. The quantitative estimate of drug-likeness (QED) is 0.161. The maximum atomic E-state index is 11.0. The highest BCUT2D eigenvalue weighted by Crippen LogP contribution is 2.46. The Balaban J connectivity index is 3.02. The summed E-state index contributed by atoms with van der Waals surface area (Å²) in [5.74, 6) is -0.0702. The first-order valence-electron chi connectivity index (χ1n) is 10.1. The lowest BCUT2D eigenvalue weighted by atomic mass is 9.95. The van der Waals surface area contributed by atoms with Crippen LogP contribution in [0.25, 0.3) is 0 Å². The molecule has 4 nitrogen and oxygen atoms in total. The highest BCUT2D eigenvalue weighted by molar-refractivity contribution is 9.13. The van der Waals surface area contributed by atoms with E-state index < -0.39 is 6.16 Å². The fraction of sp³-hybridized carbons (Fsp3) is 0.667. The molecule has 2 N–H and O–H groups in total. The third-order valence-electron chi connectivity index (χ3n) is 4.77. The summed E-state index contributed by atoms with van der Waals surface area (Å²) in [4.78, 5) is 11.0. The van der Waals surface area contributed by atoms with Gasteiger partial charge in [-0.2, -0.15) is 0 Å². The molecule has 0 saturated heterocycles. The van der Waals surface area contributed by atoms with Gasteiger partial charge in [0, 0.05) is 10.0 Å².